The predicted octanol–water partition coefficient (Wildman–Crippen LogP) is 6.03. The van der Waals surface area contributed by atoms with E-state index in [0.29, 0.717) is 27.7 Å². The van der Waals surface area contributed by atoms with Crippen LogP contribution in [0.3, 0.4) is 0 Å². The van der Waals surface area contributed by atoms with Crippen molar-refractivity contribution in [3.63, 3.8) is 0 Å². The van der Waals surface area contributed by atoms with Crippen LogP contribution in [0.5, 0.6) is 5.75 Å². The number of anilines is 2. The lowest BCUT2D eigenvalue weighted by atomic mass is 10.2. The van der Waals surface area contributed by atoms with Crippen LogP contribution in [-0.4, -0.2) is 24.2 Å². The average molecular weight is 455 g/mol. The fourth-order valence-electron chi connectivity index (χ4n) is 2.82. The summed E-state index contributed by atoms with van der Waals surface area (Å²) in [5, 5.41) is 6.09. The molecular formula is C24H23ClN2O3S. The van der Waals surface area contributed by atoms with Gasteiger partial charge in [0.2, 0.25) is 5.91 Å². The molecule has 3 aromatic rings. The van der Waals surface area contributed by atoms with E-state index in [1.54, 1.807) is 43.5 Å². The topological polar surface area (TPSA) is 67.4 Å². The van der Waals surface area contributed by atoms with Gasteiger partial charge in [0.1, 0.15) is 5.75 Å². The molecule has 0 radical (unpaired) electrons. The number of hydrogen-bond donors (Lipinski definition) is 2. The molecule has 0 heterocycles. The molecule has 0 aliphatic rings. The Labute approximate surface area is 191 Å². The minimum atomic E-state index is -0.310. The maximum absolute atomic E-state index is 12.6. The lowest BCUT2D eigenvalue weighted by molar-refractivity contribution is -0.115. The van der Waals surface area contributed by atoms with Crippen LogP contribution in [0.1, 0.15) is 22.8 Å². The largest absolute Gasteiger partial charge is 0.497 e. The minimum Gasteiger partial charge on any atom is -0.497 e. The molecule has 0 aromatic heterocycles. The number of carbonyl (C=O) groups excluding carboxylic acids is 2. The van der Waals surface area contributed by atoms with Gasteiger partial charge in [-0.15, -0.1) is 11.8 Å². The Kier molecular flexibility index (Phi) is 7.60. The van der Waals surface area contributed by atoms with Gasteiger partial charge in [0.05, 0.1) is 12.4 Å². The normalized spacial score (nSPS) is 11.5. The Morgan fingerprint density at radius 2 is 1.71 bits per heavy atom. The fourth-order valence-corrected chi connectivity index (χ4v) is 3.86. The highest BCUT2D eigenvalue weighted by molar-refractivity contribution is 8.00. The summed E-state index contributed by atoms with van der Waals surface area (Å²) in [5.74, 6) is 0.300. The molecule has 0 saturated heterocycles. The van der Waals surface area contributed by atoms with Crippen molar-refractivity contribution in [2.75, 3.05) is 17.7 Å². The van der Waals surface area contributed by atoms with Crippen molar-refractivity contribution in [1.29, 1.82) is 0 Å². The first kappa shape index (κ1) is 22.7. The number of benzene rings is 3. The maximum atomic E-state index is 12.6. The molecule has 1 atom stereocenters. The molecule has 0 bridgehead atoms. The van der Waals surface area contributed by atoms with Gasteiger partial charge in [-0.1, -0.05) is 23.7 Å². The molecule has 31 heavy (non-hydrogen) atoms. The van der Waals surface area contributed by atoms with Crippen LogP contribution in [0.4, 0.5) is 11.4 Å². The van der Waals surface area contributed by atoms with Gasteiger partial charge in [0.25, 0.3) is 5.91 Å². The lowest BCUT2D eigenvalue weighted by Crippen LogP contribution is -2.22. The zero-order chi connectivity index (χ0) is 22.4. The van der Waals surface area contributed by atoms with Crippen molar-refractivity contribution >= 4 is 46.6 Å². The van der Waals surface area contributed by atoms with Crippen molar-refractivity contribution in [1.82, 2.24) is 0 Å². The maximum Gasteiger partial charge on any atom is 0.255 e. The summed E-state index contributed by atoms with van der Waals surface area (Å²) in [4.78, 5) is 25.9. The molecule has 0 saturated carbocycles. The summed E-state index contributed by atoms with van der Waals surface area (Å²) in [7, 11) is 1.56. The Hall–Kier alpha value is -2.96. The summed E-state index contributed by atoms with van der Waals surface area (Å²) >= 11 is 7.55. The smallest absolute Gasteiger partial charge is 0.255 e. The number of nitrogens with one attached hydrogen (secondary N) is 2. The van der Waals surface area contributed by atoms with Crippen LogP contribution in [0.25, 0.3) is 0 Å². The number of thioether (sulfide) groups is 1. The molecule has 0 aliphatic carbocycles. The van der Waals surface area contributed by atoms with E-state index in [2.05, 4.69) is 10.6 Å². The van der Waals surface area contributed by atoms with Crippen LogP contribution in [0, 0.1) is 6.92 Å². The molecule has 0 aliphatic heterocycles. The second-order valence-corrected chi connectivity index (χ2v) is 8.69. The monoisotopic (exact) mass is 454 g/mol. The fraction of sp³-hybridized carbons (Fsp3) is 0.167. The molecule has 3 aromatic carbocycles. The molecular weight excluding hydrogens is 432 g/mol. The number of halogens is 1. The summed E-state index contributed by atoms with van der Waals surface area (Å²) in [6, 6.07) is 19.8. The van der Waals surface area contributed by atoms with E-state index >= 15 is 0 Å². The van der Waals surface area contributed by atoms with E-state index in [0.717, 1.165) is 10.5 Å². The van der Waals surface area contributed by atoms with E-state index in [1.165, 1.54) is 11.8 Å². The van der Waals surface area contributed by atoms with E-state index < -0.39 is 0 Å². The molecule has 7 heteroatoms. The Morgan fingerprint density at radius 1 is 1.00 bits per heavy atom. The molecule has 0 fully saturated rings. The molecule has 1 unspecified atom stereocenters. The van der Waals surface area contributed by atoms with Gasteiger partial charge >= 0.3 is 0 Å². The summed E-state index contributed by atoms with van der Waals surface area (Å²) < 4.78 is 5.15. The van der Waals surface area contributed by atoms with Gasteiger partial charge in [-0.25, -0.2) is 0 Å². The van der Waals surface area contributed by atoms with Crippen LogP contribution >= 0.6 is 23.4 Å². The first-order chi connectivity index (χ1) is 14.9. The number of rotatable bonds is 7. The zero-order valence-electron chi connectivity index (χ0n) is 17.4. The second-order valence-electron chi connectivity index (χ2n) is 6.87. The third-order valence-corrected chi connectivity index (χ3v) is 6.17. The Balaban J connectivity index is 1.58. The number of carbonyl (C=O) groups is 2. The van der Waals surface area contributed by atoms with Crippen molar-refractivity contribution in [3.05, 3.63) is 82.9 Å². The average Bonchev–Trinajstić information content (AvgIpc) is 2.78. The summed E-state index contributed by atoms with van der Waals surface area (Å²) in [6.07, 6.45) is 0. The second kappa shape index (κ2) is 10.4. The molecule has 0 spiro atoms. The molecule has 2 N–H and O–H groups in total. The highest BCUT2D eigenvalue weighted by atomic mass is 35.5. The van der Waals surface area contributed by atoms with Gasteiger partial charge in [-0.2, -0.15) is 0 Å². The molecule has 3 rings (SSSR count). The number of ether oxygens (including phenoxy) is 1. The van der Waals surface area contributed by atoms with Gasteiger partial charge < -0.3 is 15.4 Å². The highest BCUT2D eigenvalue weighted by Crippen LogP contribution is 2.28. The SMILES string of the molecule is COc1cccc(C(=O)Nc2ccc(SC(C)C(=O)Nc3cccc(Cl)c3C)cc2)c1. The van der Waals surface area contributed by atoms with Gasteiger partial charge in [-0.3, -0.25) is 9.59 Å². The first-order valence-electron chi connectivity index (χ1n) is 9.65. The third-order valence-electron chi connectivity index (χ3n) is 4.65. The molecule has 5 nitrogen and oxygen atoms in total. The number of hydrogen-bond acceptors (Lipinski definition) is 4. The number of methoxy groups -OCH3 is 1. The van der Waals surface area contributed by atoms with Crippen molar-refractivity contribution in [2.24, 2.45) is 0 Å². The van der Waals surface area contributed by atoms with E-state index in [-0.39, 0.29) is 17.1 Å². The summed E-state index contributed by atoms with van der Waals surface area (Å²) in [5.41, 5.74) is 2.73. The summed E-state index contributed by atoms with van der Waals surface area (Å²) in [6.45, 7) is 3.71. The van der Waals surface area contributed by atoms with Crippen LogP contribution in [0.15, 0.2) is 71.6 Å². The van der Waals surface area contributed by atoms with E-state index in [1.807, 2.05) is 44.2 Å². The van der Waals surface area contributed by atoms with Crippen LogP contribution < -0.4 is 15.4 Å². The van der Waals surface area contributed by atoms with Gasteiger partial charge in [-0.05, 0) is 74.0 Å². The third kappa shape index (κ3) is 6.03. The Bertz CT molecular complexity index is 1090. The molecule has 160 valence electrons. The molecule has 2 amide bonds. The predicted molar refractivity (Wildman–Crippen MR) is 128 cm³/mol. The standard InChI is InChI=1S/C24H23ClN2O3S/c1-15-21(25)8-5-9-22(15)27-23(28)16(2)31-20-12-10-18(11-13-20)26-24(29)17-6-4-7-19(14-17)30-3/h4-14,16H,1-3H3,(H,26,29)(H,27,28). The van der Waals surface area contributed by atoms with Crippen molar-refractivity contribution in [3.8, 4) is 5.75 Å². The minimum absolute atomic E-state index is 0.106. The van der Waals surface area contributed by atoms with Crippen LogP contribution in [0.2, 0.25) is 5.02 Å². The number of amides is 2. The van der Waals surface area contributed by atoms with Crippen molar-refractivity contribution in [2.45, 2.75) is 24.0 Å². The van der Waals surface area contributed by atoms with Crippen molar-refractivity contribution < 1.29 is 14.3 Å². The van der Waals surface area contributed by atoms with Crippen LogP contribution in [-0.2, 0) is 4.79 Å². The van der Waals surface area contributed by atoms with Gasteiger partial charge in [0.15, 0.2) is 0 Å². The zero-order valence-corrected chi connectivity index (χ0v) is 19.0. The lowest BCUT2D eigenvalue weighted by Gasteiger charge is -2.14. The van der Waals surface area contributed by atoms with E-state index in [4.69, 9.17) is 16.3 Å². The van der Waals surface area contributed by atoms with E-state index in [9.17, 15) is 9.59 Å². The first-order valence-corrected chi connectivity index (χ1v) is 10.9. The quantitative estimate of drug-likeness (QED) is 0.428. The Morgan fingerprint density at radius 3 is 2.42 bits per heavy atom. The van der Waals surface area contributed by atoms with Gasteiger partial charge in [0, 0.05) is 26.9 Å². The highest BCUT2D eigenvalue weighted by Gasteiger charge is 2.16.